The van der Waals surface area contributed by atoms with Gasteiger partial charge in [0.2, 0.25) is 0 Å². The molecule has 1 saturated carbocycles. The molecule has 2 N–H and O–H groups in total. The number of ketones is 1. The van der Waals surface area contributed by atoms with E-state index in [1.165, 1.54) is 37.0 Å². The van der Waals surface area contributed by atoms with Gasteiger partial charge in [-0.2, -0.15) is 5.10 Å². The van der Waals surface area contributed by atoms with Gasteiger partial charge in [-0.25, -0.2) is 0 Å². The van der Waals surface area contributed by atoms with Crippen molar-refractivity contribution in [2.45, 2.75) is 44.2 Å². The minimum atomic E-state index is -0.522. The molecule has 1 unspecified atom stereocenters. The maximum absolute atomic E-state index is 12.2. The van der Waals surface area contributed by atoms with E-state index >= 15 is 0 Å². The van der Waals surface area contributed by atoms with Gasteiger partial charge < -0.3 is 5.73 Å². The van der Waals surface area contributed by atoms with E-state index in [2.05, 4.69) is 5.10 Å². The summed E-state index contributed by atoms with van der Waals surface area (Å²) in [6.45, 7) is 0. The van der Waals surface area contributed by atoms with E-state index in [1.807, 2.05) is 34.5 Å². The van der Waals surface area contributed by atoms with Crippen molar-refractivity contribution in [3.05, 3.63) is 40.3 Å². The summed E-state index contributed by atoms with van der Waals surface area (Å²) in [6.07, 6.45) is 7.27. The molecule has 1 aliphatic rings. The smallest absolute Gasteiger partial charge is 0.160 e. The van der Waals surface area contributed by atoms with E-state index in [0.29, 0.717) is 12.5 Å². The van der Waals surface area contributed by atoms with Crippen molar-refractivity contribution in [3.63, 3.8) is 0 Å². The van der Waals surface area contributed by atoms with Gasteiger partial charge in [-0.1, -0.05) is 18.9 Å². The fraction of sp³-hybridized carbons (Fsp3) is 0.467. The molecule has 2 aromatic rings. The number of hydrogen-bond acceptors (Lipinski definition) is 4. The highest BCUT2D eigenvalue weighted by Crippen LogP contribution is 2.28. The minimum absolute atomic E-state index is 0.0316. The summed E-state index contributed by atoms with van der Waals surface area (Å²) in [5, 5.41) is 6.48. The summed E-state index contributed by atoms with van der Waals surface area (Å²) in [6, 6.07) is 5.76. The Morgan fingerprint density at radius 1 is 1.45 bits per heavy atom. The molecule has 1 fully saturated rings. The molecule has 2 heterocycles. The highest BCUT2D eigenvalue weighted by atomic mass is 32.1. The van der Waals surface area contributed by atoms with E-state index in [4.69, 9.17) is 5.73 Å². The van der Waals surface area contributed by atoms with Crippen LogP contribution in [0.15, 0.2) is 29.8 Å². The second kappa shape index (κ2) is 5.89. The van der Waals surface area contributed by atoms with Crippen molar-refractivity contribution < 1.29 is 4.79 Å². The predicted octanol–water partition coefficient (Wildman–Crippen LogP) is 2.87. The van der Waals surface area contributed by atoms with Gasteiger partial charge in [0.05, 0.1) is 24.2 Å². The molecule has 0 radical (unpaired) electrons. The summed E-state index contributed by atoms with van der Waals surface area (Å²) >= 11 is 1.52. The summed E-state index contributed by atoms with van der Waals surface area (Å²) in [5.41, 5.74) is 6.81. The molecular weight excluding hydrogens is 270 g/mol. The van der Waals surface area contributed by atoms with Crippen LogP contribution in [0.3, 0.4) is 0 Å². The van der Waals surface area contributed by atoms with Crippen molar-refractivity contribution in [2.75, 3.05) is 0 Å². The van der Waals surface area contributed by atoms with Crippen LogP contribution in [0.4, 0.5) is 0 Å². The van der Waals surface area contributed by atoms with Crippen molar-refractivity contribution in [3.8, 4) is 0 Å². The molecule has 4 nitrogen and oxygen atoms in total. The lowest BCUT2D eigenvalue weighted by Gasteiger charge is -2.09. The Hall–Kier alpha value is -1.46. The van der Waals surface area contributed by atoms with Crippen LogP contribution >= 0.6 is 11.3 Å². The van der Waals surface area contributed by atoms with E-state index in [-0.39, 0.29) is 5.78 Å². The molecule has 20 heavy (non-hydrogen) atoms. The van der Waals surface area contributed by atoms with Crippen molar-refractivity contribution in [1.29, 1.82) is 0 Å². The molecule has 1 atom stereocenters. The number of Topliss-reactive ketones (excluding diaryl/α,β-unsaturated/α-hetero) is 1. The molecule has 3 rings (SSSR count). The molecule has 0 bridgehead atoms. The topological polar surface area (TPSA) is 60.9 Å². The number of nitrogens with two attached hydrogens (primary N) is 1. The quantitative estimate of drug-likeness (QED) is 0.920. The number of carbonyl (C=O) groups excluding carboxylic acids is 1. The van der Waals surface area contributed by atoms with E-state index < -0.39 is 6.04 Å². The maximum Gasteiger partial charge on any atom is 0.160 e. The fourth-order valence-electron chi connectivity index (χ4n) is 2.76. The maximum atomic E-state index is 12.2. The summed E-state index contributed by atoms with van der Waals surface area (Å²) in [5.74, 6) is 0.0316. The summed E-state index contributed by atoms with van der Waals surface area (Å²) in [7, 11) is 0. The Kier molecular flexibility index (Phi) is 3.98. The van der Waals surface area contributed by atoms with Gasteiger partial charge in [0, 0.05) is 11.1 Å². The van der Waals surface area contributed by atoms with Gasteiger partial charge in [0.1, 0.15) is 0 Å². The number of carbonyl (C=O) groups is 1. The van der Waals surface area contributed by atoms with Crippen LogP contribution in [0.5, 0.6) is 0 Å². The molecule has 106 valence electrons. The van der Waals surface area contributed by atoms with Crippen molar-refractivity contribution in [2.24, 2.45) is 5.73 Å². The minimum Gasteiger partial charge on any atom is -0.317 e. The highest BCUT2D eigenvalue weighted by molar-refractivity contribution is 7.10. The van der Waals surface area contributed by atoms with Crippen LogP contribution in [0.2, 0.25) is 0 Å². The van der Waals surface area contributed by atoms with Gasteiger partial charge in [0.15, 0.2) is 5.78 Å². The molecule has 5 heteroatoms. The third-order valence-corrected chi connectivity index (χ3v) is 4.87. The number of rotatable bonds is 5. The Morgan fingerprint density at radius 3 is 2.95 bits per heavy atom. The first-order chi connectivity index (χ1) is 9.74. The Balaban J connectivity index is 1.64. The van der Waals surface area contributed by atoms with Gasteiger partial charge in [-0.3, -0.25) is 9.48 Å². The number of hydrogen-bond donors (Lipinski definition) is 1. The van der Waals surface area contributed by atoms with Gasteiger partial charge >= 0.3 is 0 Å². The zero-order chi connectivity index (χ0) is 13.9. The lowest BCUT2D eigenvalue weighted by molar-refractivity contribution is -0.119. The molecular formula is C15H19N3OS. The zero-order valence-electron chi connectivity index (χ0n) is 11.4. The number of thiophene rings is 1. The first kappa shape index (κ1) is 13.5. The first-order valence-corrected chi connectivity index (χ1v) is 7.98. The molecule has 2 aromatic heterocycles. The fourth-order valence-corrected chi connectivity index (χ4v) is 3.51. The SMILES string of the molecule is NC(C(=O)Cc1ccn(C2CCCC2)n1)c1cccs1. The van der Waals surface area contributed by atoms with E-state index in [1.54, 1.807) is 0 Å². The van der Waals surface area contributed by atoms with Gasteiger partial charge in [-0.15, -0.1) is 11.3 Å². The van der Waals surface area contributed by atoms with Gasteiger partial charge in [0.25, 0.3) is 0 Å². The summed E-state index contributed by atoms with van der Waals surface area (Å²) in [4.78, 5) is 13.1. The van der Waals surface area contributed by atoms with Crippen LogP contribution in [0.25, 0.3) is 0 Å². The van der Waals surface area contributed by atoms with Crippen LogP contribution in [-0.4, -0.2) is 15.6 Å². The monoisotopic (exact) mass is 289 g/mol. The van der Waals surface area contributed by atoms with Crippen molar-refractivity contribution in [1.82, 2.24) is 9.78 Å². The zero-order valence-corrected chi connectivity index (χ0v) is 12.2. The van der Waals surface area contributed by atoms with Crippen LogP contribution < -0.4 is 5.73 Å². The van der Waals surface area contributed by atoms with Crippen LogP contribution in [0, 0.1) is 0 Å². The third kappa shape index (κ3) is 2.83. The second-order valence-electron chi connectivity index (χ2n) is 5.36. The third-order valence-electron chi connectivity index (χ3n) is 3.91. The largest absolute Gasteiger partial charge is 0.317 e. The molecule has 0 amide bonds. The summed E-state index contributed by atoms with van der Waals surface area (Å²) < 4.78 is 2.02. The molecule has 1 aliphatic carbocycles. The average molecular weight is 289 g/mol. The Bertz CT molecular complexity index is 570. The predicted molar refractivity (Wildman–Crippen MR) is 79.7 cm³/mol. The average Bonchev–Trinajstić information content (AvgIpc) is 3.19. The molecule has 0 aromatic carbocycles. The second-order valence-corrected chi connectivity index (χ2v) is 6.34. The highest BCUT2D eigenvalue weighted by Gasteiger charge is 2.20. The first-order valence-electron chi connectivity index (χ1n) is 7.10. The lowest BCUT2D eigenvalue weighted by atomic mass is 10.1. The van der Waals surface area contributed by atoms with Crippen molar-refractivity contribution >= 4 is 17.1 Å². The van der Waals surface area contributed by atoms with E-state index in [0.717, 1.165) is 10.6 Å². The Morgan fingerprint density at radius 2 is 2.25 bits per heavy atom. The van der Waals surface area contributed by atoms with Gasteiger partial charge in [-0.05, 0) is 30.4 Å². The normalized spacial score (nSPS) is 17.4. The molecule has 0 spiro atoms. The number of aromatic nitrogens is 2. The molecule has 0 aliphatic heterocycles. The Labute approximate surface area is 122 Å². The van der Waals surface area contributed by atoms with Crippen LogP contribution in [0.1, 0.15) is 48.3 Å². The number of nitrogens with zero attached hydrogens (tertiary/aromatic N) is 2. The van der Waals surface area contributed by atoms with E-state index in [9.17, 15) is 4.79 Å². The van der Waals surface area contributed by atoms with Crippen LogP contribution in [-0.2, 0) is 11.2 Å². The standard InChI is InChI=1S/C15H19N3OS/c16-15(14-6-3-9-20-14)13(19)10-11-7-8-18(17-11)12-4-1-2-5-12/h3,6-9,12,15H,1-2,4-5,10,16H2. The molecule has 0 saturated heterocycles. The lowest BCUT2D eigenvalue weighted by Crippen LogP contribution is -2.22.